The normalized spacial score (nSPS) is 22.4. The number of likely N-dealkylation sites (tertiary alicyclic amines) is 1. The smallest absolute Gasteiger partial charge is 0.416 e. The van der Waals surface area contributed by atoms with Gasteiger partial charge >= 0.3 is 6.09 Å². The molecule has 5 nitrogen and oxygen atoms in total. The first-order chi connectivity index (χ1) is 12.4. The largest absolute Gasteiger partial charge is 0.443 e. The van der Waals surface area contributed by atoms with E-state index in [0.717, 1.165) is 50.0 Å². The molecule has 2 aliphatic rings. The van der Waals surface area contributed by atoms with Crippen LogP contribution in [0.15, 0.2) is 18.3 Å². The van der Waals surface area contributed by atoms with Gasteiger partial charge in [-0.3, -0.25) is 9.80 Å². The maximum absolute atomic E-state index is 13.1. The van der Waals surface area contributed by atoms with Gasteiger partial charge in [0.1, 0.15) is 11.4 Å². The molecule has 0 spiro atoms. The highest BCUT2D eigenvalue weighted by atomic mass is 16.6. The number of ether oxygens (including phenoxy) is 1. The number of anilines is 1. The second-order valence-electron chi connectivity index (χ2n) is 8.70. The Morgan fingerprint density at radius 2 is 1.88 bits per heavy atom. The molecule has 5 heteroatoms. The van der Waals surface area contributed by atoms with Gasteiger partial charge < -0.3 is 4.74 Å². The van der Waals surface area contributed by atoms with Crippen molar-refractivity contribution in [3.05, 3.63) is 23.9 Å². The van der Waals surface area contributed by atoms with Crippen LogP contribution in [0.25, 0.3) is 0 Å². The molecule has 0 radical (unpaired) electrons. The highest BCUT2D eigenvalue weighted by Gasteiger charge is 2.35. The molecule has 1 atom stereocenters. The second kappa shape index (κ2) is 7.95. The molecule has 3 rings (SSSR count). The first-order valence-corrected chi connectivity index (χ1v) is 10.0. The highest BCUT2D eigenvalue weighted by molar-refractivity contribution is 5.88. The van der Waals surface area contributed by atoms with Crippen LogP contribution in [-0.2, 0) is 4.74 Å². The topological polar surface area (TPSA) is 45.7 Å². The Kier molecular flexibility index (Phi) is 5.86. The van der Waals surface area contributed by atoms with Crippen molar-refractivity contribution in [2.45, 2.75) is 83.4 Å². The lowest BCUT2D eigenvalue weighted by molar-refractivity contribution is 0.0563. The number of pyridine rings is 1. The molecule has 0 unspecified atom stereocenters. The van der Waals surface area contributed by atoms with Crippen molar-refractivity contribution in [3.63, 3.8) is 0 Å². The van der Waals surface area contributed by atoms with Gasteiger partial charge in [-0.05, 0) is 66.1 Å². The molecule has 1 aliphatic heterocycles. The predicted octanol–water partition coefficient (Wildman–Crippen LogP) is 4.92. The maximum Gasteiger partial charge on any atom is 0.416 e. The summed E-state index contributed by atoms with van der Waals surface area (Å²) in [6, 6.07) is 4.64. The summed E-state index contributed by atoms with van der Waals surface area (Å²) in [6.07, 6.45) is 9.48. The third-order valence-electron chi connectivity index (χ3n) is 5.45. The molecule has 0 N–H and O–H groups in total. The molecule has 2 heterocycles. The number of piperidine rings is 1. The molecule has 1 saturated carbocycles. The molecule has 1 aromatic rings. The summed E-state index contributed by atoms with van der Waals surface area (Å²) in [4.78, 5) is 22.0. The molecule has 2 fully saturated rings. The zero-order chi connectivity index (χ0) is 18.7. The Morgan fingerprint density at radius 1 is 1.19 bits per heavy atom. The lowest BCUT2D eigenvalue weighted by Crippen LogP contribution is -2.44. The molecule has 0 bridgehead atoms. The minimum Gasteiger partial charge on any atom is -0.443 e. The Bertz CT molecular complexity index is 620. The lowest BCUT2D eigenvalue weighted by Gasteiger charge is -2.37. The Morgan fingerprint density at radius 3 is 2.54 bits per heavy atom. The monoisotopic (exact) mass is 359 g/mol. The van der Waals surface area contributed by atoms with E-state index in [2.05, 4.69) is 23.0 Å². The van der Waals surface area contributed by atoms with Gasteiger partial charge in [-0.2, -0.15) is 0 Å². The van der Waals surface area contributed by atoms with Crippen LogP contribution in [0.1, 0.15) is 77.3 Å². The lowest BCUT2D eigenvalue weighted by atomic mass is 9.95. The average Bonchev–Trinajstić information content (AvgIpc) is 3.09. The van der Waals surface area contributed by atoms with E-state index in [9.17, 15) is 4.79 Å². The van der Waals surface area contributed by atoms with Gasteiger partial charge in [0.25, 0.3) is 0 Å². The molecule has 1 aromatic heterocycles. The van der Waals surface area contributed by atoms with Gasteiger partial charge in [0.15, 0.2) is 0 Å². The summed E-state index contributed by atoms with van der Waals surface area (Å²) in [5.41, 5.74) is 0.650. The van der Waals surface area contributed by atoms with Crippen molar-refractivity contribution >= 4 is 11.9 Å². The van der Waals surface area contributed by atoms with Gasteiger partial charge in [-0.25, -0.2) is 9.78 Å². The number of carbonyl (C=O) groups excluding carboxylic acids is 1. The third kappa shape index (κ3) is 4.37. The van der Waals surface area contributed by atoms with Crippen LogP contribution in [-0.4, -0.2) is 41.2 Å². The summed E-state index contributed by atoms with van der Waals surface area (Å²) < 4.78 is 5.77. The fraction of sp³-hybridized carbons (Fsp3) is 0.714. The molecule has 26 heavy (non-hydrogen) atoms. The summed E-state index contributed by atoms with van der Waals surface area (Å²) >= 11 is 0. The fourth-order valence-corrected chi connectivity index (χ4v) is 4.22. The number of hydrogen-bond acceptors (Lipinski definition) is 4. The number of nitrogens with zero attached hydrogens (tertiary/aromatic N) is 3. The number of hydrogen-bond donors (Lipinski definition) is 0. The molecular weight excluding hydrogens is 326 g/mol. The van der Waals surface area contributed by atoms with Crippen LogP contribution < -0.4 is 4.90 Å². The standard InChI is InChI=1S/C21H33N3O2/c1-21(2,3)26-20(25)24(16-10-5-6-11-16)19-17(12-9-14-22-19)18-13-7-8-15-23(18)4/h9,12,14,16,18H,5-8,10-11,13,15H2,1-4H3/t18-/m1/s1. The van der Waals surface area contributed by atoms with Gasteiger partial charge in [0, 0.05) is 23.8 Å². The van der Waals surface area contributed by atoms with Crippen LogP contribution in [0.4, 0.5) is 10.6 Å². The first kappa shape index (κ1) is 19.2. The van der Waals surface area contributed by atoms with Crippen molar-refractivity contribution in [3.8, 4) is 0 Å². The van der Waals surface area contributed by atoms with Gasteiger partial charge in [0.2, 0.25) is 0 Å². The van der Waals surface area contributed by atoms with Crippen molar-refractivity contribution in [2.75, 3.05) is 18.5 Å². The molecule has 1 saturated heterocycles. The Labute approximate surface area is 157 Å². The van der Waals surface area contributed by atoms with Crippen molar-refractivity contribution < 1.29 is 9.53 Å². The average molecular weight is 360 g/mol. The Balaban J connectivity index is 1.97. The van der Waals surface area contributed by atoms with E-state index >= 15 is 0 Å². The summed E-state index contributed by atoms with van der Waals surface area (Å²) in [7, 11) is 2.17. The number of carbonyl (C=O) groups is 1. The fourth-order valence-electron chi connectivity index (χ4n) is 4.22. The van der Waals surface area contributed by atoms with Crippen molar-refractivity contribution in [1.29, 1.82) is 0 Å². The van der Waals surface area contributed by atoms with Crippen LogP contribution in [0.5, 0.6) is 0 Å². The quantitative estimate of drug-likeness (QED) is 0.768. The minimum atomic E-state index is -0.509. The van der Waals surface area contributed by atoms with E-state index < -0.39 is 5.60 Å². The number of aromatic nitrogens is 1. The molecule has 1 aliphatic carbocycles. The Hall–Kier alpha value is -1.62. The number of rotatable bonds is 3. The van der Waals surface area contributed by atoms with E-state index in [4.69, 9.17) is 4.74 Å². The maximum atomic E-state index is 13.1. The minimum absolute atomic E-state index is 0.187. The van der Waals surface area contributed by atoms with Crippen molar-refractivity contribution in [2.24, 2.45) is 0 Å². The van der Waals surface area contributed by atoms with E-state index in [1.165, 1.54) is 12.8 Å². The molecule has 144 valence electrons. The van der Waals surface area contributed by atoms with E-state index in [0.29, 0.717) is 6.04 Å². The van der Waals surface area contributed by atoms with Gasteiger partial charge in [-0.15, -0.1) is 0 Å². The van der Waals surface area contributed by atoms with Crippen LogP contribution in [0, 0.1) is 0 Å². The molecule has 0 aromatic carbocycles. The number of amides is 1. The van der Waals surface area contributed by atoms with Crippen molar-refractivity contribution in [1.82, 2.24) is 9.88 Å². The predicted molar refractivity (Wildman–Crippen MR) is 104 cm³/mol. The molecular formula is C21H33N3O2. The second-order valence-corrected chi connectivity index (χ2v) is 8.70. The van der Waals surface area contributed by atoms with Gasteiger partial charge in [-0.1, -0.05) is 25.3 Å². The molecule has 1 amide bonds. The van der Waals surface area contributed by atoms with E-state index in [1.54, 1.807) is 6.20 Å². The van der Waals surface area contributed by atoms with Gasteiger partial charge in [0.05, 0.1) is 0 Å². The first-order valence-electron chi connectivity index (χ1n) is 10.0. The van der Waals surface area contributed by atoms with Crippen LogP contribution in [0.2, 0.25) is 0 Å². The van der Waals surface area contributed by atoms with Crippen LogP contribution in [0.3, 0.4) is 0 Å². The SMILES string of the molecule is CN1CCCC[C@@H]1c1cccnc1N(C(=O)OC(C)(C)C)C1CCCC1. The third-order valence-corrected chi connectivity index (χ3v) is 5.45. The summed E-state index contributed by atoms with van der Waals surface area (Å²) in [5, 5.41) is 0. The highest BCUT2D eigenvalue weighted by Crippen LogP contribution is 2.37. The zero-order valence-corrected chi connectivity index (χ0v) is 16.7. The summed E-state index contributed by atoms with van der Waals surface area (Å²) in [5.74, 6) is 0.799. The van der Waals surface area contributed by atoms with E-state index in [-0.39, 0.29) is 12.1 Å². The van der Waals surface area contributed by atoms with Crippen LogP contribution >= 0.6 is 0 Å². The summed E-state index contributed by atoms with van der Waals surface area (Å²) in [6.45, 7) is 6.86. The van der Waals surface area contributed by atoms with E-state index in [1.807, 2.05) is 31.7 Å². The zero-order valence-electron chi connectivity index (χ0n) is 16.7.